The van der Waals surface area contributed by atoms with Crippen molar-refractivity contribution in [2.24, 2.45) is 5.92 Å². The van der Waals surface area contributed by atoms with Gasteiger partial charge in [-0.25, -0.2) is 0 Å². The van der Waals surface area contributed by atoms with Crippen molar-refractivity contribution in [2.45, 2.75) is 30.6 Å². The van der Waals surface area contributed by atoms with Crippen molar-refractivity contribution < 1.29 is 9.21 Å². The van der Waals surface area contributed by atoms with Crippen LogP contribution in [0.25, 0.3) is 11.0 Å². The maximum Gasteiger partial charge on any atom is 0.226 e. The zero-order chi connectivity index (χ0) is 14.5. The van der Waals surface area contributed by atoms with Crippen LogP contribution in [-0.2, 0) is 4.79 Å². The predicted molar refractivity (Wildman–Crippen MR) is 80.1 cm³/mol. The highest BCUT2D eigenvalue weighted by Crippen LogP contribution is 2.53. The van der Waals surface area contributed by atoms with E-state index < -0.39 is 4.33 Å². The zero-order valence-electron chi connectivity index (χ0n) is 11.2. The largest absolute Gasteiger partial charge is 0.459 e. The average molecular weight is 312 g/mol. The van der Waals surface area contributed by atoms with E-state index in [4.69, 9.17) is 27.6 Å². The van der Waals surface area contributed by atoms with Crippen LogP contribution in [0.5, 0.6) is 0 Å². The van der Waals surface area contributed by atoms with Crippen LogP contribution in [0.3, 0.4) is 0 Å². The molecule has 2 atom stereocenters. The summed E-state index contributed by atoms with van der Waals surface area (Å²) in [6.45, 7) is 3.89. The highest BCUT2D eigenvalue weighted by molar-refractivity contribution is 6.52. The third-order valence-corrected chi connectivity index (χ3v) is 4.61. The number of nitrogens with one attached hydrogen (secondary N) is 1. The molecule has 1 N–H and O–H groups in total. The molecule has 2 unspecified atom stereocenters. The van der Waals surface area contributed by atoms with Gasteiger partial charge >= 0.3 is 0 Å². The molecule has 3 rings (SSSR count). The van der Waals surface area contributed by atoms with Gasteiger partial charge in [-0.1, -0.05) is 18.2 Å². The maximum absolute atomic E-state index is 12.0. The van der Waals surface area contributed by atoms with E-state index >= 15 is 0 Å². The minimum Gasteiger partial charge on any atom is -0.459 e. The third kappa shape index (κ3) is 2.29. The number of hydrogen-bond acceptors (Lipinski definition) is 2. The fourth-order valence-corrected chi connectivity index (χ4v) is 2.99. The lowest BCUT2D eigenvalue weighted by atomic mass is 10.1. The molecule has 0 spiro atoms. The normalized spacial score (nSPS) is 21.7. The van der Waals surface area contributed by atoms with Crippen LogP contribution in [0.2, 0.25) is 0 Å². The van der Waals surface area contributed by atoms with Gasteiger partial charge in [0.1, 0.15) is 15.7 Å². The smallest absolute Gasteiger partial charge is 0.226 e. The molecule has 1 aliphatic rings. The molecular formula is C15H15Cl2NO2. The Bertz CT molecular complexity index is 678. The topological polar surface area (TPSA) is 42.2 Å². The SMILES string of the molecule is Cc1c(C(C)NC(=O)C2CC2(Cl)Cl)oc2ccccc12. The van der Waals surface area contributed by atoms with Crippen molar-refractivity contribution in [3.05, 3.63) is 35.6 Å². The van der Waals surface area contributed by atoms with Crippen LogP contribution in [0.1, 0.15) is 30.7 Å². The van der Waals surface area contributed by atoms with Crippen LogP contribution in [0.15, 0.2) is 28.7 Å². The molecule has 3 nitrogen and oxygen atoms in total. The Labute approximate surface area is 127 Å². The standard InChI is InChI=1S/C15H15Cl2NO2/c1-8-10-5-3-4-6-12(10)20-13(8)9(2)18-14(19)11-7-15(11,16)17/h3-6,9,11H,7H2,1-2H3,(H,18,19). The predicted octanol–water partition coefficient (Wildman–Crippen LogP) is 4.11. The minimum absolute atomic E-state index is 0.123. The average Bonchev–Trinajstić information content (AvgIpc) is 2.91. The molecule has 1 aromatic heterocycles. The molecule has 1 heterocycles. The van der Waals surface area contributed by atoms with Gasteiger partial charge in [-0.05, 0) is 26.3 Å². The van der Waals surface area contributed by atoms with Gasteiger partial charge in [-0.2, -0.15) is 0 Å². The first-order valence-electron chi connectivity index (χ1n) is 6.56. The molecule has 2 aromatic rings. The van der Waals surface area contributed by atoms with E-state index in [0.717, 1.165) is 22.3 Å². The van der Waals surface area contributed by atoms with E-state index in [2.05, 4.69) is 5.32 Å². The Morgan fingerprint density at radius 2 is 2.10 bits per heavy atom. The molecule has 1 amide bonds. The molecule has 1 fully saturated rings. The lowest BCUT2D eigenvalue weighted by molar-refractivity contribution is -0.123. The molecule has 20 heavy (non-hydrogen) atoms. The number of carbonyl (C=O) groups is 1. The minimum atomic E-state index is -0.896. The number of fused-ring (bicyclic) bond motifs is 1. The Hall–Kier alpha value is -1.19. The summed E-state index contributed by atoms with van der Waals surface area (Å²) in [4.78, 5) is 12.0. The number of aryl methyl sites for hydroxylation is 1. The number of alkyl halides is 2. The van der Waals surface area contributed by atoms with Crippen molar-refractivity contribution in [3.63, 3.8) is 0 Å². The second kappa shape index (κ2) is 4.68. The van der Waals surface area contributed by atoms with Crippen LogP contribution in [0.4, 0.5) is 0 Å². The summed E-state index contributed by atoms with van der Waals surface area (Å²) in [7, 11) is 0. The summed E-state index contributed by atoms with van der Waals surface area (Å²) < 4.78 is 4.94. The number of rotatable bonds is 3. The molecule has 0 saturated heterocycles. The molecule has 1 aromatic carbocycles. The van der Waals surface area contributed by atoms with Gasteiger partial charge in [-0.15, -0.1) is 23.2 Å². The fraction of sp³-hybridized carbons (Fsp3) is 0.400. The highest BCUT2D eigenvalue weighted by Gasteiger charge is 2.56. The van der Waals surface area contributed by atoms with Crippen LogP contribution >= 0.6 is 23.2 Å². The quantitative estimate of drug-likeness (QED) is 0.867. The fourth-order valence-electron chi connectivity index (χ4n) is 2.48. The van der Waals surface area contributed by atoms with Crippen LogP contribution < -0.4 is 5.32 Å². The molecule has 0 radical (unpaired) electrons. The number of amides is 1. The highest BCUT2D eigenvalue weighted by atomic mass is 35.5. The van der Waals surface area contributed by atoms with Crippen molar-refractivity contribution in [1.29, 1.82) is 0 Å². The first-order valence-corrected chi connectivity index (χ1v) is 7.32. The maximum atomic E-state index is 12.0. The summed E-state index contributed by atoms with van der Waals surface area (Å²) in [6, 6.07) is 7.62. The van der Waals surface area contributed by atoms with E-state index in [9.17, 15) is 4.79 Å². The molecule has 5 heteroatoms. The number of halogens is 2. The Morgan fingerprint density at radius 3 is 2.70 bits per heavy atom. The summed E-state index contributed by atoms with van der Waals surface area (Å²) in [5, 5.41) is 3.98. The molecular weight excluding hydrogens is 297 g/mol. The molecule has 0 bridgehead atoms. The Balaban J connectivity index is 1.81. The lowest BCUT2D eigenvalue weighted by Crippen LogP contribution is -2.29. The first kappa shape index (κ1) is 13.8. The van der Waals surface area contributed by atoms with E-state index in [1.165, 1.54) is 0 Å². The molecule has 0 aliphatic heterocycles. The Kier molecular flexibility index (Phi) is 3.22. The monoisotopic (exact) mass is 311 g/mol. The first-order chi connectivity index (χ1) is 9.40. The zero-order valence-corrected chi connectivity index (χ0v) is 12.8. The van der Waals surface area contributed by atoms with Gasteiger partial charge in [0.05, 0.1) is 12.0 Å². The molecule has 1 aliphatic carbocycles. The van der Waals surface area contributed by atoms with Gasteiger partial charge in [0.2, 0.25) is 5.91 Å². The number of carbonyl (C=O) groups excluding carboxylic acids is 1. The molecule has 1 saturated carbocycles. The summed E-state index contributed by atoms with van der Waals surface area (Å²) in [6.07, 6.45) is 0.508. The van der Waals surface area contributed by atoms with Crippen molar-refractivity contribution in [3.8, 4) is 0 Å². The van der Waals surface area contributed by atoms with E-state index in [1.807, 2.05) is 38.1 Å². The number of para-hydroxylation sites is 1. The van der Waals surface area contributed by atoms with Crippen molar-refractivity contribution in [1.82, 2.24) is 5.32 Å². The van der Waals surface area contributed by atoms with Crippen LogP contribution in [0, 0.1) is 12.8 Å². The van der Waals surface area contributed by atoms with Gasteiger partial charge in [0, 0.05) is 10.9 Å². The van der Waals surface area contributed by atoms with Gasteiger partial charge in [0.25, 0.3) is 0 Å². The van der Waals surface area contributed by atoms with E-state index in [1.54, 1.807) is 0 Å². The second-order valence-electron chi connectivity index (χ2n) is 5.34. The van der Waals surface area contributed by atoms with Gasteiger partial charge < -0.3 is 9.73 Å². The molecule has 106 valence electrons. The second-order valence-corrected chi connectivity index (χ2v) is 6.88. The van der Waals surface area contributed by atoms with E-state index in [-0.39, 0.29) is 17.9 Å². The number of hydrogen-bond donors (Lipinski definition) is 1. The van der Waals surface area contributed by atoms with Crippen LogP contribution in [-0.4, -0.2) is 10.2 Å². The van der Waals surface area contributed by atoms with Gasteiger partial charge in [-0.3, -0.25) is 4.79 Å². The third-order valence-electron chi connectivity index (χ3n) is 3.78. The summed E-state index contributed by atoms with van der Waals surface area (Å²) in [5.74, 6) is 0.329. The lowest BCUT2D eigenvalue weighted by Gasteiger charge is -2.12. The summed E-state index contributed by atoms with van der Waals surface area (Å²) >= 11 is 11.8. The van der Waals surface area contributed by atoms with Gasteiger partial charge in [0.15, 0.2) is 0 Å². The van der Waals surface area contributed by atoms with Crippen molar-refractivity contribution >= 4 is 40.1 Å². The summed E-state index contributed by atoms with van der Waals surface area (Å²) in [5.41, 5.74) is 1.88. The number of furan rings is 1. The van der Waals surface area contributed by atoms with Crippen molar-refractivity contribution in [2.75, 3.05) is 0 Å². The van der Waals surface area contributed by atoms with E-state index in [0.29, 0.717) is 6.42 Å². The Morgan fingerprint density at radius 1 is 1.45 bits per heavy atom. The number of benzene rings is 1.